The van der Waals surface area contributed by atoms with Crippen LogP contribution in [0.25, 0.3) is 0 Å². The third-order valence-electron chi connectivity index (χ3n) is 5.39. The van der Waals surface area contributed by atoms with Crippen molar-refractivity contribution in [3.8, 4) is 0 Å². The van der Waals surface area contributed by atoms with Gasteiger partial charge in [0, 0.05) is 19.1 Å². The zero-order valence-electron chi connectivity index (χ0n) is 15.1. The van der Waals surface area contributed by atoms with Gasteiger partial charge in [-0.3, -0.25) is 4.79 Å². The van der Waals surface area contributed by atoms with Crippen molar-refractivity contribution in [3.63, 3.8) is 0 Å². The van der Waals surface area contributed by atoms with E-state index in [-0.39, 0.29) is 11.9 Å². The van der Waals surface area contributed by atoms with Gasteiger partial charge in [-0.1, -0.05) is 54.6 Å². The van der Waals surface area contributed by atoms with Gasteiger partial charge in [0.15, 0.2) is 0 Å². The largest absolute Gasteiger partial charge is 0.378 e. The SMILES string of the molecule is O=C(C(Cc1ccccc1)NC1Cc2ccccc2C1)N1CCOCC1. The molecule has 1 saturated heterocycles. The van der Waals surface area contributed by atoms with E-state index in [4.69, 9.17) is 4.74 Å². The highest BCUT2D eigenvalue weighted by Crippen LogP contribution is 2.22. The fourth-order valence-corrected chi connectivity index (χ4v) is 4.03. The first kappa shape index (κ1) is 17.3. The van der Waals surface area contributed by atoms with Crippen molar-refractivity contribution in [2.75, 3.05) is 26.3 Å². The average Bonchev–Trinajstić information content (AvgIpc) is 3.11. The normalized spacial score (nSPS) is 18.5. The summed E-state index contributed by atoms with van der Waals surface area (Å²) in [7, 11) is 0. The number of fused-ring (bicyclic) bond motifs is 1. The molecule has 1 atom stereocenters. The number of carbonyl (C=O) groups is 1. The standard InChI is InChI=1S/C22H26N2O2/c25-22(24-10-12-26-13-11-24)21(14-17-6-2-1-3-7-17)23-20-15-18-8-4-5-9-19(18)16-20/h1-9,20-21,23H,10-16H2. The van der Waals surface area contributed by atoms with Crippen LogP contribution in [0.15, 0.2) is 54.6 Å². The number of ether oxygens (including phenoxy) is 1. The Hall–Kier alpha value is -2.17. The summed E-state index contributed by atoms with van der Waals surface area (Å²) in [5.41, 5.74) is 4.01. The van der Waals surface area contributed by atoms with Gasteiger partial charge in [-0.2, -0.15) is 0 Å². The van der Waals surface area contributed by atoms with Gasteiger partial charge in [-0.05, 0) is 36.0 Å². The maximum absolute atomic E-state index is 13.2. The maximum atomic E-state index is 13.2. The Balaban J connectivity index is 1.48. The molecule has 0 spiro atoms. The Bertz CT molecular complexity index is 716. The van der Waals surface area contributed by atoms with E-state index >= 15 is 0 Å². The molecule has 1 aliphatic heterocycles. The lowest BCUT2D eigenvalue weighted by Crippen LogP contribution is -2.53. The zero-order valence-corrected chi connectivity index (χ0v) is 15.1. The lowest BCUT2D eigenvalue weighted by Gasteiger charge is -2.32. The third kappa shape index (κ3) is 3.97. The summed E-state index contributed by atoms with van der Waals surface area (Å²) < 4.78 is 5.41. The molecule has 26 heavy (non-hydrogen) atoms. The third-order valence-corrected chi connectivity index (χ3v) is 5.39. The molecule has 136 valence electrons. The van der Waals surface area contributed by atoms with Crippen LogP contribution in [0.3, 0.4) is 0 Å². The van der Waals surface area contributed by atoms with Crippen molar-refractivity contribution < 1.29 is 9.53 Å². The number of benzene rings is 2. The highest BCUT2D eigenvalue weighted by Gasteiger charge is 2.30. The molecule has 4 heteroatoms. The molecule has 2 aliphatic rings. The minimum atomic E-state index is -0.185. The van der Waals surface area contributed by atoms with Crippen molar-refractivity contribution >= 4 is 5.91 Å². The van der Waals surface area contributed by atoms with E-state index in [0.29, 0.717) is 32.3 Å². The first-order chi connectivity index (χ1) is 12.8. The second-order valence-corrected chi connectivity index (χ2v) is 7.22. The smallest absolute Gasteiger partial charge is 0.240 e. The Morgan fingerprint density at radius 2 is 1.62 bits per heavy atom. The van der Waals surface area contributed by atoms with Crippen LogP contribution < -0.4 is 5.32 Å². The van der Waals surface area contributed by atoms with Crippen LogP contribution in [0.4, 0.5) is 0 Å². The van der Waals surface area contributed by atoms with Gasteiger partial charge in [-0.15, -0.1) is 0 Å². The second kappa shape index (κ2) is 8.02. The molecule has 2 aromatic rings. The summed E-state index contributed by atoms with van der Waals surface area (Å²) in [6.07, 6.45) is 2.72. The van der Waals surface area contributed by atoms with E-state index in [2.05, 4.69) is 41.7 Å². The molecule has 0 saturated carbocycles. The van der Waals surface area contributed by atoms with Crippen LogP contribution in [0.5, 0.6) is 0 Å². The van der Waals surface area contributed by atoms with E-state index < -0.39 is 0 Å². The Kier molecular flexibility index (Phi) is 5.32. The summed E-state index contributed by atoms with van der Waals surface area (Å²) in [5, 5.41) is 3.68. The molecular weight excluding hydrogens is 324 g/mol. The molecule has 0 bridgehead atoms. The van der Waals surface area contributed by atoms with Gasteiger partial charge >= 0.3 is 0 Å². The first-order valence-electron chi connectivity index (χ1n) is 9.53. The minimum absolute atomic E-state index is 0.185. The molecule has 0 aromatic heterocycles. The fraction of sp³-hybridized carbons (Fsp3) is 0.409. The lowest BCUT2D eigenvalue weighted by molar-refractivity contribution is -0.137. The lowest BCUT2D eigenvalue weighted by atomic mass is 10.0. The highest BCUT2D eigenvalue weighted by atomic mass is 16.5. The monoisotopic (exact) mass is 350 g/mol. The van der Waals surface area contributed by atoms with Gasteiger partial charge in [0.2, 0.25) is 5.91 Å². The van der Waals surface area contributed by atoms with Crippen molar-refractivity contribution in [3.05, 3.63) is 71.3 Å². The Labute approximate surface area is 155 Å². The fourth-order valence-electron chi connectivity index (χ4n) is 4.03. The van der Waals surface area contributed by atoms with Crippen molar-refractivity contribution in [1.29, 1.82) is 0 Å². The molecule has 1 N–H and O–H groups in total. The molecule has 1 unspecified atom stereocenters. The molecule has 1 amide bonds. The topological polar surface area (TPSA) is 41.6 Å². The number of nitrogens with zero attached hydrogens (tertiary/aromatic N) is 1. The average molecular weight is 350 g/mol. The van der Waals surface area contributed by atoms with Crippen molar-refractivity contribution in [1.82, 2.24) is 10.2 Å². The van der Waals surface area contributed by atoms with Gasteiger partial charge < -0.3 is 15.0 Å². The number of nitrogens with one attached hydrogen (secondary N) is 1. The predicted molar refractivity (Wildman–Crippen MR) is 102 cm³/mol. The van der Waals surface area contributed by atoms with E-state index in [0.717, 1.165) is 19.3 Å². The summed E-state index contributed by atoms with van der Waals surface area (Å²) in [4.78, 5) is 15.1. The number of hydrogen-bond acceptors (Lipinski definition) is 3. The van der Waals surface area contributed by atoms with Crippen molar-refractivity contribution in [2.45, 2.75) is 31.3 Å². The number of amides is 1. The molecule has 0 radical (unpaired) electrons. The van der Waals surface area contributed by atoms with Gasteiger partial charge in [-0.25, -0.2) is 0 Å². The van der Waals surface area contributed by atoms with E-state index in [1.165, 1.54) is 16.7 Å². The molecule has 2 aromatic carbocycles. The van der Waals surface area contributed by atoms with E-state index in [1.807, 2.05) is 23.1 Å². The quantitative estimate of drug-likeness (QED) is 0.899. The Morgan fingerprint density at radius 3 is 2.27 bits per heavy atom. The number of morpholine rings is 1. The first-order valence-corrected chi connectivity index (χ1v) is 9.53. The molecule has 4 nitrogen and oxygen atoms in total. The number of hydrogen-bond donors (Lipinski definition) is 1. The number of rotatable bonds is 5. The van der Waals surface area contributed by atoms with Crippen LogP contribution in [0.1, 0.15) is 16.7 Å². The van der Waals surface area contributed by atoms with Crippen molar-refractivity contribution in [2.24, 2.45) is 0 Å². The minimum Gasteiger partial charge on any atom is -0.378 e. The molecule has 4 rings (SSSR count). The highest BCUT2D eigenvalue weighted by molar-refractivity contribution is 5.82. The van der Waals surface area contributed by atoms with Gasteiger partial charge in [0.25, 0.3) is 0 Å². The summed E-state index contributed by atoms with van der Waals surface area (Å²) in [6.45, 7) is 2.66. The number of carbonyl (C=O) groups excluding carboxylic acids is 1. The Morgan fingerprint density at radius 1 is 1.00 bits per heavy atom. The second-order valence-electron chi connectivity index (χ2n) is 7.22. The van der Waals surface area contributed by atoms with E-state index in [9.17, 15) is 4.79 Å². The van der Waals surface area contributed by atoms with Gasteiger partial charge in [0.05, 0.1) is 19.3 Å². The molecule has 1 fully saturated rings. The van der Waals surface area contributed by atoms with Crippen LogP contribution in [0.2, 0.25) is 0 Å². The summed E-state index contributed by atoms with van der Waals surface area (Å²) >= 11 is 0. The molecule has 1 aliphatic carbocycles. The summed E-state index contributed by atoms with van der Waals surface area (Å²) in [6, 6.07) is 19.0. The molecular formula is C22H26N2O2. The van der Waals surface area contributed by atoms with Crippen LogP contribution in [0, 0.1) is 0 Å². The van der Waals surface area contributed by atoms with Crippen LogP contribution in [-0.2, 0) is 28.8 Å². The summed E-state index contributed by atoms with van der Waals surface area (Å²) in [5.74, 6) is 0.202. The van der Waals surface area contributed by atoms with Crippen LogP contribution >= 0.6 is 0 Å². The van der Waals surface area contributed by atoms with Gasteiger partial charge in [0.1, 0.15) is 0 Å². The maximum Gasteiger partial charge on any atom is 0.240 e. The molecule has 1 heterocycles. The van der Waals surface area contributed by atoms with Crippen LogP contribution in [-0.4, -0.2) is 49.2 Å². The van der Waals surface area contributed by atoms with E-state index in [1.54, 1.807) is 0 Å². The predicted octanol–water partition coefficient (Wildman–Crippen LogP) is 2.21. The zero-order chi connectivity index (χ0) is 17.8.